The van der Waals surface area contributed by atoms with Crippen LogP contribution in [-0.4, -0.2) is 12.9 Å². The van der Waals surface area contributed by atoms with Crippen molar-refractivity contribution in [3.8, 4) is 5.75 Å². The third kappa shape index (κ3) is 2.50. The summed E-state index contributed by atoms with van der Waals surface area (Å²) in [7, 11) is 1.76. The first kappa shape index (κ1) is 16.1. The summed E-state index contributed by atoms with van der Waals surface area (Å²) < 4.78 is 5.76. The molecule has 4 aliphatic carbocycles. The lowest BCUT2D eigenvalue weighted by molar-refractivity contribution is -0.00617. The Balaban J connectivity index is 1.57. The smallest absolute Gasteiger partial charge is 0.193 e. The lowest BCUT2D eigenvalue weighted by Crippen LogP contribution is -2.48. The van der Waals surface area contributed by atoms with E-state index in [9.17, 15) is 4.79 Å². The standard InChI is InChI=1S/C24H26O2/c1-26-22-8-7-20(23(25)19-5-3-2-4-6-19)12-21(22)24-13-16-9-17(14-24)11-18(10-16)15-24/h2-8,12,16-18H,9-11,13-15H2,1H3. The van der Waals surface area contributed by atoms with Crippen molar-refractivity contribution in [2.24, 2.45) is 17.8 Å². The Bertz CT molecular complexity index is 801. The van der Waals surface area contributed by atoms with Crippen molar-refractivity contribution in [1.29, 1.82) is 0 Å². The van der Waals surface area contributed by atoms with Crippen molar-refractivity contribution in [3.63, 3.8) is 0 Å². The highest BCUT2D eigenvalue weighted by atomic mass is 16.5. The van der Waals surface area contributed by atoms with E-state index in [0.717, 1.165) is 34.6 Å². The fourth-order valence-corrected chi connectivity index (χ4v) is 6.46. The van der Waals surface area contributed by atoms with Crippen LogP contribution in [0.3, 0.4) is 0 Å². The number of hydrogen-bond donors (Lipinski definition) is 0. The molecule has 4 bridgehead atoms. The fraction of sp³-hybridized carbons (Fsp3) is 0.458. The molecule has 0 heterocycles. The number of rotatable bonds is 4. The summed E-state index contributed by atoms with van der Waals surface area (Å²) in [6, 6.07) is 15.7. The third-order valence-electron chi connectivity index (χ3n) is 7.11. The van der Waals surface area contributed by atoms with Crippen LogP contribution in [0.4, 0.5) is 0 Å². The number of carbonyl (C=O) groups is 1. The van der Waals surface area contributed by atoms with E-state index < -0.39 is 0 Å². The van der Waals surface area contributed by atoms with Gasteiger partial charge in [-0.05, 0) is 79.9 Å². The minimum atomic E-state index is 0.110. The minimum Gasteiger partial charge on any atom is -0.496 e. The molecule has 4 fully saturated rings. The second-order valence-electron chi connectivity index (χ2n) is 8.81. The lowest BCUT2D eigenvalue weighted by Gasteiger charge is -2.57. The first-order valence-corrected chi connectivity index (χ1v) is 9.95. The van der Waals surface area contributed by atoms with Gasteiger partial charge in [0, 0.05) is 16.7 Å². The van der Waals surface area contributed by atoms with Crippen molar-refractivity contribution in [2.45, 2.75) is 43.9 Å². The van der Waals surface area contributed by atoms with Gasteiger partial charge in [0.1, 0.15) is 5.75 Å². The molecule has 0 aliphatic heterocycles. The molecule has 4 saturated carbocycles. The predicted octanol–water partition coefficient (Wildman–Crippen LogP) is 5.39. The van der Waals surface area contributed by atoms with Gasteiger partial charge in [0.25, 0.3) is 0 Å². The predicted molar refractivity (Wildman–Crippen MR) is 103 cm³/mol. The Labute approximate surface area is 155 Å². The number of ketones is 1. The van der Waals surface area contributed by atoms with Crippen LogP contribution < -0.4 is 4.74 Å². The van der Waals surface area contributed by atoms with Gasteiger partial charge in [0.05, 0.1) is 7.11 Å². The van der Waals surface area contributed by atoms with Crippen molar-refractivity contribution >= 4 is 5.78 Å². The number of ether oxygens (including phenoxy) is 1. The molecular weight excluding hydrogens is 320 g/mol. The average Bonchev–Trinajstić information content (AvgIpc) is 2.66. The van der Waals surface area contributed by atoms with Gasteiger partial charge in [-0.15, -0.1) is 0 Å². The van der Waals surface area contributed by atoms with Gasteiger partial charge in [0.15, 0.2) is 5.78 Å². The maximum Gasteiger partial charge on any atom is 0.193 e. The van der Waals surface area contributed by atoms with E-state index in [0.29, 0.717) is 0 Å². The summed E-state index contributed by atoms with van der Waals surface area (Å²) in [5, 5.41) is 0. The van der Waals surface area contributed by atoms with E-state index in [1.54, 1.807) is 7.11 Å². The van der Waals surface area contributed by atoms with Crippen LogP contribution >= 0.6 is 0 Å². The number of benzene rings is 2. The maximum atomic E-state index is 13.0. The Morgan fingerprint density at radius 1 is 0.885 bits per heavy atom. The second-order valence-corrected chi connectivity index (χ2v) is 8.81. The van der Waals surface area contributed by atoms with E-state index in [2.05, 4.69) is 6.07 Å². The third-order valence-corrected chi connectivity index (χ3v) is 7.11. The molecule has 0 aromatic heterocycles. The van der Waals surface area contributed by atoms with Crippen molar-refractivity contribution in [3.05, 3.63) is 65.2 Å². The van der Waals surface area contributed by atoms with Crippen LogP contribution in [0.15, 0.2) is 48.5 Å². The van der Waals surface area contributed by atoms with Gasteiger partial charge in [-0.1, -0.05) is 30.3 Å². The quantitative estimate of drug-likeness (QED) is 0.693. The van der Waals surface area contributed by atoms with Gasteiger partial charge in [-0.2, -0.15) is 0 Å². The molecule has 0 saturated heterocycles. The van der Waals surface area contributed by atoms with Gasteiger partial charge >= 0.3 is 0 Å². The molecular formula is C24H26O2. The highest BCUT2D eigenvalue weighted by Crippen LogP contribution is 2.61. The Hall–Kier alpha value is -2.09. The Morgan fingerprint density at radius 3 is 2.08 bits per heavy atom. The van der Waals surface area contributed by atoms with Gasteiger partial charge in [-0.25, -0.2) is 0 Å². The molecule has 0 unspecified atom stereocenters. The zero-order valence-electron chi connectivity index (χ0n) is 15.4. The van der Waals surface area contributed by atoms with E-state index >= 15 is 0 Å². The molecule has 0 N–H and O–H groups in total. The number of hydrogen-bond acceptors (Lipinski definition) is 2. The zero-order valence-corrected chi connectivity index (χ0v) is 15.4. The van der Waals surface area contributed by atoms with Crippen LogP contribution in [0.5, 0.6) is 5.75 Å². The first-order chi connectivity index (χ1) is 12.7. The molecule has 6 rings (SSSR count). The summed E-state index contributed by atoms with van der Waals surface area (Å²) in [4.78, 5) is 13.0. The van der Waals surface area contributed by atoms with E-state index in [4.69, 9.17) is 4.74 Å². The highest BCUT2D eigenvalue weighted by Gasteiger charge is 2.52. The van der Waals surface area contributed by atoms with Crippen molar-refractivity contribution < 1.29 is 9.53 Å². The number of carbonyl (C=O) groups excluding carboxylic acids is 1. The maximum absolute atomic E-state index is 13.0. The van der Waals surface area contributed by atoms with Crippen molar-refractivity contribution in [1.82, 2.24) is 0 Å². The van der Waals surface area contributed by atoms with Crippen LogP contribution in [0.1, 0.15) is 60.0 Å². The normalized spacial score (nSPS) is 31.8. The SMILES string of the molecule is COc1ccc(C(=O)c2ccccc2)cc1C12CC3CC(CC(C3)C1)C2. The van der Waals surface area contributed by atoms with Crippen molar-refractivity contribution in [2.75, 3.05) is 7.11 Å². The zero-order chi connectivity index (χ0) is 17.7. The first-order valence-electron chi connectivity index (χ1n) is 9.95. The van der Waals surface area contributed by atoms with E-state index in [1.165, 1.54) is 44.1 Å². The molecule has 2 heteroatoms. The minimum absolute atomic E-state index is 0.110. The summed E-state index contributed by atoms with van der Waals surface area (Å²) in [5.74, 6) is 3.70. The lowest BCUT2D eigenvalue weighted by atomic mass is 9.48. The molecule has 0 radical (unpaired) electrons. The molecule has 134 valence electrons. The monoisotopic (exact) mass is 346 g/mol. The summed E-state index contributed by atoms with van der Waals surface area (Å²) >= 11 is 0. The summed E-state index contributed by atoms with van der Waals surface area (Å²) in [6.07, 6.45) is 8.09. The molecule has 0 spiro atoms. The average molecular weight is 346 g/mol. The number of methoxy groups -OCH3 is 1. The van der Waals surface area contributed by atoms with E-state index in [1.807, 2.05) is 42.5 Å². The van der Waals surface area contributed by atoms with Gasteiger partial charge < -0.3 is 4.74 Å². The van der Waals surface area contributed by atoms with Crippen LogP contribution in [0, 0.1) is 17.8 Å². The van der Waals surface area contributed by atoms with Crippen LogP contribution in [-0.2, 0) is 5.41 Å². The molecule has 26 heavy (non-hydrogen) atoms. The largest absolute Gasteiger partial charge is 0.496 e. The molecule has 4 aliphatic rings. The molecule has 2 aromatic carbocycles. The summed E-state index contributed by atoms with van der Waals surface area (Å²) in [5.41, 5.74) is 3.07. The topological polar surface area (TPSA) is 26.3 Å². The molecule has 2 aromatic rings. The fourth-order valence-electron chi connectivity index (χ4n) is 6.46. The van der Waals surface area contributed by atoms with E-state index in [-0.39, 0.29) is 11.2 Å². The van der Waals surface area contributed by atoms with Gasteiger partial charge in [-0.3, -0.25) is 4.79 Å². The van der Waals surface area contributed by atoms with Crippen LogP contribution in [0.2, 0.25) is 0 Å². The molecule has 0 amide bonds. The molecule has 0 atom stereocenters. The molecule has 2 nitrogen and oxygen atoms in total. The van der Waals surface area contributed by atoms with Crippen LogP contribution in [0.25, 0.3) is 0 Å². The summed E-state index contributed by atoms with van der Waals surface area (Å²) in [6.45, 7) is 0. The second kappa shape index (κ2) is 5.97. The Kier molecular flexibility index (Phi) is 3.70. The Morgan fingerprint density at radius 2 is 1.50 bits per heavy atom. The van der Waals surface area contributed by atoms with Gasteiger partial charge in [0.2, 0.25) is 0 Å². The highest BCUT2D eigenvalue weighted by molar-refractivity contribution is 6.09.